The molecule has 3 aliphatic carbocycles. The number of hydrogen-bond acceptors (Lipinski definition) is 2. The molecule has 8 heteroatoms. The van der Waals surface area contributed by atoms with Crippen molar-refractivity contribution in [1.82, 2.24) is 10.2 Å². The molecule has 0 aliphatic heterocycles. The first-order chi connectivity index (χ1) is 12.7. The van der Waals surface area contributed by atoms with E-state index in [2.05, 4.69) is 5.32 Å². The van der Waals surface area contributed by atoms with Crippen molar-refractivity contribution in [2.24, 2.45) is 5.92 Å². The number of halogens is 3. The molecule has 146 valence electrons. The molecular formula is C19H21F3N2O3. The summed E-state index contributed by atoms with van der Waals surface area (Å²) < 4.78 is 40.1. The van der Waals surface area contributed by atoms with Gasteiger partial charge in [-0.1, -0.05) is 0 Å². The molecule has 0 aromatic heterocycles. The third-order valence-electron chi connectivity index (χ3n) is 5.64. The summed E-state index contributed by atoms with van der Waals surface area (Å²) in [6, 6.07) is 3.07. The number of alkyl halides is 2. The highest BCUT2D eigenvalue weighted by atomic mass is 19.3. The lowest BCUT2D eigenvalue weighted by Gasteiger charge is -2.35. The second-order valence-electron chi connectivity index (χ2n) is 7.96. The molecule has 27 heavy (non-hydrogen) atoms. The molecule has 4 rings (SSSR count). The van der Waals surface area contributed by atoms with Crippen molar-refractivity contribution in [3.05, 3.63) is 35.1 Å². The van der Waals surface area contributed by atoms with Crippen molar-refractivity contribution >= 4 is 12.0 Å². The second-order valence-corrected chi connectivity index (χ2v) is 7.96. The number of amides is 2. The molecule has 2 N–H and O–H groups in total. The van der Waals surface area contributed by atoms with Crippen LogP contribution in [0.5, 0.6) is 0 Å². The molecule has 0 heterocycles. The molecule has 1 aromatic carbocycles. The number of carbonyl (C=O) groups is 2. The Hall–Kier alpha value is -2.25. The first-order valence-corrected chi connectivity index (χ1v) is 9.21. The Kier molecular flexibility index (Phi) is 4.31. The molecule has 0 radical (unpaired) electrons. The van der Waals surface area contributed by atoms with Crippen LogP contribution in [0.3, 0.4) is 0 Å². The molecule has 2 unspecified atom stereocenters. The Bertz CT molecular complexity index is 773. The standard InChI is InChI=1S/C19H21F3N2O3/c20-15-4-3-11(17(25)23-12-7-19(21,22)8-12)5-13(15)14-6-16(14)24(18(26)27)9-10-1-2-10/h3-5,10,12,14,16H,1-2,6-9H2,(H,23,25)(H,26,27). The van der Waals surface area contributed by atoms with Crippen LogP contribution in [-0.4, -0.2) is 46.6 Å². The van der Waals surface area contributed by atoms with Gasteiger partial charge in [0.25, 0.3) is 11.8 Å². The first kappa shape index (κ1) is 18.1. The molecule has 2 atom stereocenters. The highest BCUT2D eigenvalue weighted by molar-refractivity contribution is 5.94. The topological polar surface area (TPSA) is 69.6 Å². The van der Waals surface area contributed by atoms with Crippen LogP contribution in [0.15, 0.2) is 18.2 Å². The molecular weight excluding hydrogens is 361 g/mol. The average Bonchev–Trinajstić information content (AvgIpc) is 3.45. The van der Waals surface area contributed by atoms with Gasteiger partial charge >= 0.3 is 6.09 Å². The van der Waals surface area contributed by atoms with Gasteiger partial charge in [-0.2, -0.15) is 0 Å². The van der Waals surface area contributed by atoms with Crippen LogP contribution in [0.1, 0.15) is 53.9 Å². The van der Waals surface area contributed by atoms with Gasteiger partial charge in [0.2, 0.25) is 0 Å². The van der Waals surface area contributed by atoms with Gasteiger partial charge in [-0.05, 0) is 48.9 Å². The second kappa shape index (κ2) is 6.42. The third-order valence-corrected chi connectivity index (χ3v) is 5.64. The van der Waals surface area contributed by atoms with E-state index < -0.39 is 29.8 Å². The molecule has 0 spiro atoms. The van der Waals surface area contributed by atoms with E-state index in [4.69, 9.17) is 0 Å². The maximum atomic E-state index is 14.3. The number of nitrogens with one attached hydrogen (secondary N) is 1. The van der Waals surface area contributed by atoms with Crippen molar-refractivity contribution in [3.63, 3.8) is 0 Å². The van der Waals surface area contributed by atoms with E-state index in [1.807, 2.05) is 0 Å². The Balaban J connectivity index is 1.43. The van der Waals surface area contributed by atoms with E-state index in [1.165, 1.54) is 23.1 Å². The largest absolute Gasteiger partial charge is 0.465 e. The number of nitrogens with zero attached hydrogens (tertiary/aromatic N) is 1. The smallest absolute Gasteiger partial charge is 0.407 e. The number of carboxylic acid groups (broad SMARTS) is 1. The lowest BCUT2D eigenvalue weighted by molar-refractivity contribution is -0.0901. The van der Waals surface area contributed by atoms with E-state index >= 15 is 0 Å². The molecule has 3 saturated carbocycles. The lowest BCUT2D eigenvalue weighted by atomic mass is 9.88. The molecule has 3 aliphatic rings. The van der Waals surface area contributed by atoms with Gasteiger partial charge in [0, 0.05) is 43.0 Å². The fourth-order valence-corrected chi connectivity index (χ4v) is 3.80. The normalized spacial score (nSPS) is 26.2. The van der Waals surface area contributed by atoms with E-state index in [9.17, 15) is 27.9 Å². The minimum absolute atomic E-state index is 0.205. The average molecular weight is 382 g/mol. The van der Waals surface area contributed by atoms with Gasteiger partial charge in [0.15, 0.2) is 0 Å². The van der Waals surface area contributed by atoms with Crippen LogP contribution in [0.25, 0.3) is 0 Å². The molecule has 3 fully saturated rings. The zero-order chi connectivity index (χ0) is 19.3. The Morgan fingerprint density at radius 1 is 1.26 bits per heavy atom. The summed E-state index contributed by atoms with van der Waals surface area (Å²) in [7, 11) is 0. The number of carbonyl (C=O) groups excluding carboxylic acids is 1. The number of rotatable bonds is 6. The Morgan fingerprint density at radius 3 is 2.56 bits per heavy atom. The summed E-state index contributed by atoms with van der Waals surface area (Å²) in [5, 5.41) is 12.0. The van der Waals surface area contributed by atoms with Crippen LogP contribution in [0.2, 0.25) is 0 Å². The SMILES string of the molecule is O=C(NC1CC(F)(F)C1)c1ccc(F)c(C2CC2N(CC2CC2)C(=O)O)c1. The van der Waals surface area contributed by atoms with Crippen molar-refractivity contribution in [1.29, 1.82) is 0 Å². The van der Waals surface area contributed by atoms with Crippen molar-refractivity contribution in [3.8, 4) is 0 Å². The van der Waals surface area contributed by atoms with Gasteiger partial charge in [-0.25, -0.2) is 18.0 Å². The highest BCUT2D eigenvalue weighted by Crippen LogP contribution is 2.47. The molecule has 0 bridgehead atoms. The minimum atomic E-state index is -2.73. The predicted octanol–water partition coefficient (Wildman–Crippen LogP) is 3.60. The van der Waals surface area contributed by atoms with Crippen molar-refractivity contribution in [2.75, 3.05) is 6.54 Å². The van der Waals surface area contributed by atoms with Crippen molar-refractivity contribution in [2.45, 2.75) is 56.0 Å². The third kappa shape index (κ3) is 3.89. The van der Waals surface area contributed by atoms with Gasteiger partial charge in [0.1, 0.15) is 5.82 Å². The highest BCUT2D eigenvalue weighted by Gasteiger charge is 2.48. The van der Waals surface area contributed by atoms with E-state index in [1.54, 1.807) is 0 Å². The van der Waals surface area contributed by atoms with Crippen molar-refractivity contribution < 1.29 is 27.9 Å². The monoisotopic (exact) mass is 382 g/mol. The zero-order valence-electron chi connectivity index (χ0n) is 14.6. The van der Waals surface area contributed by atoms with Crippen LogP contribution in [-0.2, 0) is 0 Å². The maximum absolute atomic E-state index is 14.3. The van der Waals surface area contributed by atoms with Crippen LogP contribution < -0.4 is 5.32 Å². The van der Waals surface area contributed by atoms with E-state index in [0.29, 0.717) is 24.4 Å². The van der Waals surface area contributed by atoms with Crippen LogP contribution in [0, 0.1) is 11.7 Å². The van der Waals surface area contributed by atoms with E-state index in [-0.39, 0.29) is 30.4 Å². The summed E-state index contributed by atoms with van der Waals surface area (Å²) >= 11 is 0. The van der Waals surface area contributed by atoms with E-state index in [0.717, 1.165) is 12.8 Å². The fourth-order valence-electron chi connectivity index (χ4n) is 3.80. The quantitative estimate of drug-likeness (QED) is 0.790. The number of hydrogen-bond donors (Lipinski definition) is 2. The van der Waals surface area contributed by atoms with Gasteiger partial charge in [0.05, 0.1) is 0 Å². The van der Waals surface area contributed by atoms with Gasteiger partial charge in [-0.3, -0.25) is 4.79 Å². The molecule has 1 aromatic rings. The maximum Gasteiger partial charge on any atom is 0.407 e. The summed E-state index contributed by atoms with van der Waals surface area (Å²) in [6.07, 6.45) is 0.792. The number of benzene rings is 1. The van der Waals surface area contributed by atoms with Gasteiger partial charge < -0.3 is 15.3 Å². The molecule has 2 amide bonds. The Morgan fingerprint density at radius 2 is 1.96 bits per heavy atom. The zero-order valence-corrected chi connectivity index (χ0v) is 14.6. The van der Waals surface area contributed by atoms with Gasteiger partial charge in [-0.15, -0.1) is 0 Å². The first-order valence-electron chi connectivity index (χ1n) is 9.21. The lowest BCUT2D eigenvalue weighted by Crippen LogP contribution is -2.50. The van der Waals surface area contributed by atoms with Crippen LogP contribution >= 0.6 is 0 Å². The Labute approximate surface area is 154 Å². The fraction of sp³-hybridized carbons (Fsp3) is 0.579. The summed E-state index contributed by atoms with van der Waals surface area (Å²) in [5.41, 5.74) is 0.518. The summed E-state index contributed by atoms with van der Waals surface area (Å²) in [6.45, 7) is 0.466. The van der Waals surface area contributed by atoms with Crippen LogP contribution in [0.4, 0.5) is 18.0 Å². The minimum Gasteiger partial charge on any atom is -0.465 e. The summed E-state index contributed by atoms with van der Waals surface area (Å²) in [4.78, 5) is 25.1. The molecule has 0 saturated heterocycles. The molecule has 5 nitrogen and oxygen atoms in total. The predicted molar refractivity (Wildman–Crippen MR) is 90.4 cm³/mol. The summed E-state index contributed by atoms with van der Waals surface area (Å²) in [5.74, 6) is -3.60.